The second kappa shape index (κ2) is 8.53. The van der Waals surface area contributed by atoms with Gasteiger partial charge in [-0.25, -0.2) is 5.43 Å². The smallest absolute Gasteiger partial charge is 0.307 e. The first kappa shape index (κ1) is 21.1. The van der Waals surface area contributed by atoms with Crippen LogP contribution in [-0.4, -0.2) is 16.7 Å². The Hall–Kier alpha value is -3.15. The van der Waals surface area contributed by atoms with Gasteiger partial charge in [0.1, 0.15) is 5.58 Å². The molecule has 1 amide bonds. The van der Waals surface area contributed by atoms with Crippen LogP contribution >= 0.6 is 31.9 Å². The van der Waals surface area contributed by atoms with Crippen LogP contribution in [0.3, 0.4) is 0 Å². The highest BCUT2D eigenvalue weighted by atomic mass is 79.9. The molecule has 0 aliphatic carbocycles. The molecule has 0 radical (unpaired) electrons. The Bertz CT molecular complexity index is 1380. The third kappa shape index (κ3) is 4.20. The Morgan fingerprint density at radius 3 is 2.61 bits per heavy atom. The highest BCUT2D eigenvalue weighted by Crippen LogP contribution is 2.31. The third-order valence-electron chi connectivity index (χ3n) is 4.85. The predicted molar refractivity (Wildman–Crippen MR) is 127 cm³/mol. The summed E-state index contributed by atoms with van der Waals surface area (Å²) in [6.07, 6.45) is 1.61. The molecule has 4 rings (SSSR count). The van der Waals surface area contributed by atoms with Crippen molar-refractivity contribution in [1.29, 1.82) is 5.26 Å². The van der Waals surface area contributed by atoms with Crippen LogP contribution in [0.5, 0.6) is 0 Å². The van der Waals surface area contributed by atoms with E-state index in [9.17, 15) is 4.79 Å². The molecule has 0 atom stereocenters. The molecule has 0 unspecified atom stereocenters. The molecule has 0 spiro atoms. The lowest BCUT2D eigenvalue weighted by Crippen LogP contribution is -2.16. The first-order chi connectivity index (χ1) is 14.9. The maximum Gasteiger partial charge on any atom is 0.307 e. The Balaban J connectivity index is 1.53. The molecule has 0 saturated heterocycles. The molecule has 2 aromatic heterocycles. The maximum absolute atomic E-state index is 12.5. The molecule has 2 aromatic carbocycles. The summed E-state index contributed by atoms with van der Waals surface area (Å²) in [5.41, 5.74) is 7.55. The number of hydrogen-bond acceptors (Lipinski definition) is 4. The van der Waals surface area contributed by atoms with E-state index in [1.165, 1.54) is 0 Å². The zero-order valence-corrected chi connectivity index (χ0v) is 19.8. The molecule has 0 fully saturated rings. The number of aryl methyl sites for hydroxylation is 1. The number of nitrogens with one attached hydrogen (secondary N) is 1. The van der Waals surface area contributed by atoms with E-state index < -0.39 is 5.91 Å². The molecule has 0 aliphatic heterocycles. The zero-order chi connectivity index (χ0) is 22.1. The number of benzene rings is 2. The summed E-state index contributed by atoms with van der Waals surface area (Å²) < 4.78 is 9.37. The minimum Gasteiger partial charge on any atom is -0.450 e. The summed E-state index contributed by atoms with van der Waals surface area (Å²) in [6, 6.07) is 16.9. The number of hydrogen-bond donors (Lipinski definition) is 1. The van der Waals surface area contributed by atoms with E-state index >= 15 is 0 Å². The van der Waals surface area contributed by atoms with Gasteiger partial charge in [-0.2, -0.15) is 10.4 Å². The Kier molecular flexibility index (Phi) is 5.81. The van der Waals surface area contributed by atoms with E-state index in [-0.39, 0.29) is 5.76 Å². The molecule has 6 nitrogen and oxygen atoms in total. The Labute approximate surface area is 195 Å². The van der Waals surface area contributed by atoms with Gasteiger partial charge in [-0.3, -0.25) is 4.79 Å². The van der Waals surface area contributed by atoms with E-state index in [1.807, 2.05) is 44.2 Å². The van der Waals surface area contributed by atoms with Crippen LogP contribution < -0.4 is 5.43 Å². The van der Waals surface area contributed by atoms with Gasteiger partial charge in [0.25, 0.3) is 0 Å². The highest BCUT2D eigenvalue weighted by molar-refractivity contribution is 9.11. The van der Waals surface area contributed by atoms with Crippen molar-refractivity contribution in [2.24, 2.45) is 5.10 Å². The van der Waals surface area contributed by atoms with E-state index in [4.69, 9.17) is 9.68 Å². The van der Waals surface area contributed by atoms with Crippen molar-refractivity contribution in [2.75, 3.05) is 0 Å². The van der Waals surface area contributed by atoms with Crippen molar-refractivity contribution in [3.05, 3.63) is 85.8 Å². The van der Waals surface area contributed by atoms with Gasteiger partial charge < -0.3 is 8.98 Å². The van der Waals surface area contributed by atoms with Crippen LogP contribution in [0.1, 0.15) is 33.1 Å². The van der Waals surface area contributed by atoms with Crippen LogP contribution in [0.25, 0.3) is 16.7 Å². The average Bonchev–Trinajstić information content (AvgIpc) is 3.29. The Morgan fingerprint density at radius 2 is 1.90 bits per heavy atom. The molecule has 1 N–H and O–H groups in total. The molecule has 0 saturated carbocycles. The summed E-state index contributed by atoms with van der Waals surface area (Å²) in [5, 5.41) is 13.9. The lowest BCUT2D eigenvalue weighted by Gasteiger charge is -2.09. The summed E-state index contributed by atoms with van der Waals surface area (Å²) in [6.45, 7) is 3.97. The van der Waals surface area contributed by atoms with Gasteiger partial charge in [-0.1, -0.05) is 15.9 Å². The van der Waals surface area contributed by atoms with Crippen LogP contribution in [0.2, 0.25) is 0 Å². The topological polar surface area (TPSA) is 83.3 Å². The van der Waals surface area contributed by atoms with E-state index in [0.29, 0.717) is 11.1 Å². The summed E-state index contributed by atoms with van der Waals surface area (Å²) in [7, 11) is 0. The van der Waals surface area contributed by atoms with E-state index in [1.54, 1.807) is 24.4 Å². The van der Waals surface area contributed by atoms with Gasteiger partial charge in [0, 0.05) is 32.5 Å². The van der Waals surface area contributed by atoms with Crippen LogP contribution in [0.15, 0.2) is 67.0 Å². The monoisotopic (exact) mass is 538 g/mol. The largest absolute Gasteiger partial charge is 0.450 e. The van der Waals surface area contributed by atoms with E-state index in [0.717, 1.165) is 37.0 Å². The number of fused-ring (bicyclic) bond motifs is 1. The van der Waals surface area contributed by atoms with Gasteiger partial charge >= 0.3 is 5.91 Å². The number of rotatable bonds is 4. The van der Waals surface area contributed by atoms with Crippen molar-refractivity contribution in [1.82, 2.24) is 9.99 Å². The van der Waals surface area contributed by atoms with Gasteiger partial charge in [-0.15, -0.1) is 0 Å². The molecule has 0 bridgehead atoms. The second-order valence-corrected chi connectivity index (χ2v) is 8.71. The molecule has 0 aliphatic rings. The fourth-order valence-electron chi connectivity index (χ4n) is 3.40. The minimum absolute atomic E-state index is 0.175. The molecule has 2 heterocycles. The van der Waals surface area contributed by atoms with Crippen LogP contribution in [-0.2, 0) is 0 Å². The average molecular weight is 540 g/mol. The number of carbonyl (C=O) groups excluding carboxylic acids is 1. The van der Waals surface area contributed by atoms with Crippen molar-refractivity contribution < 1.29 is 9.21 Å². The van der Waals surface area contributed by atoms with Crippen molar-refractivity contribution in [2.45, 2.75) is 13.8 Å². The normalized spacial score (nSPS) is 11.2. The first-order valence-electron chi connectivity index (χ1n) is 9.29. The SMILES string of the molecule is Cc1cc(/C=N\NC(=O)c2cc3cc(Br)cc(Br)c3o2)c(C)n1-c1ccc(C#N)cc1. The van der Waals surface area contributed by atoms with Crippen molar-refractivity contribution >= 4 is 55.0 Å². The van der Waals surface area contributed by atoms with Crippen LogP contribution in [0.4, 0.5) is 0 Å². The molecular weight excluding hydrogens is 524 g/mol. The number of amides is 1. The quantitative estimate of drug-likeness (QED) is 0.255. The van der Waals surface area contributed by atoms with Gasteiger partial charge in [0.15, 0.2) is 5.76 Å². The molecule has 31 heavy (non-hydrogen) atoms. The number of carbonyl (C=O) groups is 1. The molecule has 154 valence electrons. The van der Waals surface area contributed by atoms with Gasteiger partial charge in [-0.05, 0) is 78.3 Å². The number of nitrogens with zero attached hydrogens (tertiary/aromatic N) is 3. The van der Waals surface area contributed by atoms with Crippen molar-refractivity contribution in [3.63, 3.8) is 0 Å². The number of halogens is 2. The van der Waals surface area contributed by atoms with Crippen molar-refractivity contribution in [3.8, 4) is 11.8 Å². The lowest BCUT2D eigenvalue weighted by atomic mass is 10.2. The zero-order valence-electron chi connectivity index (χ0n) is 16.6. The highest BCUT2D eigenvalue weighted by Gasteiger charge is 2.14. The van der Waals surface area contributed by atoms with Gasteiger partial charge in [0.2, 0.25) is 0 Å². The fourth-order valence-corrected chi connectivity index (χ4v) is 4.74. The number of hydrazone groups is 1. The third-order valence-corrected chi connectivity index (χ3v) is 5.90. The standard InChI is InChI=1S/C23H16Br2N4O2/c1-13-7-17(14(2)29(13)19-5-3-15(11-26)4-6-19)12-27-28-23(30)21-9-16-8-18(24)10-20(25)22(16)31-21/h3-10,12H,1-2H3,(H,28,30)/b27-12-. The Morgan fingerprint density at radius 1 is 1.16 bits per heavy atom. The maximum atomic E-state index is 12.5. The van der Waals surface area contributed by atoms with Crippen LogP contribution in [0, 0.1) is 25.2 Å². The lowest BCUT2D eigenvalue weighted by molar-refractivity contribution is 0.0929. The molecular formula is C23H16Br2N4O2. The fraction of sp³-hybridized carbons (Fsp3) is 0.0870. The summed E-state index contributed by atoms with van der Waals surface area (Å²) in [5.74, 6) is -0.259. The summed E-state index contributed by atoms with van der Waals surface area (Å²) in [4.78, 5) is 12.5. The summed E-state index contributed by atoms with van der Waals surface area (Å²) >= 11 is 6.86. The minimum atomic E-state index is -0.434. The predicted octanol–water partition coefficient (Wildman–Crippen LogP) is 6.00. The number of aromatic nitrogens is 1. The van der Waals surface area contributed by atoms with Gasteiger partial charge in [0.05, 0.1) is 22.3 Å². The number of furan rings is 1. The molecule has 8 heteroatoms. The first-order valence-corrected chi connectivity index (χ1v) is 10.9. The number of nitriles is 1. The second-order valence-electron chi connectivity index (χ2n) is 6.94. The molecule has 4 aromatic rings. The van der Waals surface area contributed by atoms with E-state index in [2.05, 4.69) is 53.0 Å².